The molecule has 1 unspecified atom stereocenters. The van der Waals surface area contributed by atoms with Crippen LogP contribution in [-0.2, 0) is 4.79 Å². The third-order valence-corrected chi connectivity index (χ3v) is 4.55. The highest BCUT2D eigenvalue weighted by Gasteiger charge is 2.26. The predicted octanol–water partition coefficient (Wildman–Crippen LogP) is 1.64. The van der Waals surface area contributed by atoms with Crippen molar-refractivity contribution in [1.29, 1.82) is 0 Å². The van der Waals surface area contributed by atoms with E-state index in [1.54, 1.807) is 0 Å². The Morgan fingerprint density at radius 2 is 1.86 bits per heavy atom. The summed E-state index contributed by atoms with van der Waals surface area (Å²) < 4.78 is 0. The van der Waals surface area contributed by atoms with Gasteiger partial charge in [0.2, 0.25) is 5.91 Å². The molecule has 0 radical (unpaired) electrons. The maximum Gasteiger partial charge on any atom is 0.234 e. The Morgan fingerprint density at radius 1 is 1.19 bits per heavy atom. The molecule has 1 heterocycles. The maximum atomic E-state index is 11.8. The van der Waals surface area contributed by atoms with Crippen molar-refractivity contribution in [2.75, 3.05) is 32.7 Å². The molecule has 1 amide bonds. The van der Waals surface area contributed by atoms with Gasteiger partial charge in [0.1, 0.15) is 0 Å². The fourth-order valence-corrected chi connectivity index (χ4v) is 2.96. The second-order valence-electron chi connectivity index (χ2n) is 6.24. The topological polar surface area (TPSA) is 35.6 Å². The lowest BCUT2D eigenvalue weighted by Gasteiger charge is -2.38. The van der Waals surface area contributed by atoms with E-state index in [2.05, 4.69) is 52.4 Å². The first-order chi connectivity index (χ1) is 10.2. The van der Waals surface area contributed by atoms with Crippen LogP contribution in [0.5, 0.6) is 0 Å². The summed E-state index contributed by atoms with van der Waals surface area (Å²) in [5, 5.41) is 3.07. The molecule has 1 aliphatic carbocycles. The number of nitrogens with one attached hydrogen (secondary N) is 1. The Hall–Kier alpha value is -1.39. The number of rotatable bonds is 5. The molecule has 1 aromatic rings. The maximum absolute atomic E-state index is 11.8. The number of hydrogen-bond acceptors (Lipinski definition) is 3. The zero-order chi connectivity index (χ0) is 14.7. The van der Waals surface area contributed by atoms with E-state index in [0.29, 0.717) is 18.6 Å². The molecule has 114 valence electrons. The summed E-state index contributed by atoms with van der Waals surface area (Å²) in [5.74, 6) is 0.196. The number of carbonyl (C=O) groups is 1. The second-order valence-corrected chi connectivity index (χ2v) is 6.24. The molecule has 1 aliphatic heterocycles. The molecule has 4 nitrogen and oxygen atoms in total. The van der Waals surface area contributed by atoms with Crippen LogP contribution in [0.1, 0.15) is 31.4 Å². The molecule has 4 heteroatoms. The van der Waals surface area contributed by atoms with Crippen LogP contribution in [0.2, 0.25) is 0 Å². The first-order valence-electron chi connectivity index (χ1n) is 8.03. The van der Waals surface area contributed by atoms with E-state index in [1.165, 1.54) is 5.56 Å². The zero-order valence-electron chi connectivity index (χ0n) is 12.8. The van der Waals surface area contributed by atoms with Crippen LogP contribution in [0.4, 0.5) is 0 Å². The highest BCUT2D eigenvalue weighted by Crippen LogP contribution is 2.21. The molecule has 0 bridgehead atoms. The third-order valence-electron chi connectivity index (χ3n) is 4.55. The Labute approximate surface area is 127 Å². The Morgan fingerprint density at radius 3 is 2.48 bits per heavy atom. The first kappa shape index (κ1) is 14.5. The minimum Gasteiger partial charge on any atom is -0.352 e. The van der Waals surface area contributed by atoms with Gasteiger partial charge in [-0.15, -0.1) is 0 Å². The van der Waals surface area contributed by atoms with Crippen molar-refractivity contribution in [2.24, 2.45) is 0 Å². The van der Waals surface area contributed by atoms with E-state index in [9.17, 15) is 4.79 Å². The molecule has 1 aromatic carbocycles. The molecule has 1 N–H and O–H groups in total. The SMILES string of the molecule is CC(c1ccccc1)N1CCN(CC(=O)NC2CC2)CC1. The molecular formula is C17H25N3O. The van der Waals surface area contributed by atoms with E-state index >= 15 is 0 Å². The van der Waals surface area contributed by atoms with Crippen molar-refractivity contribution < 1.29 is 4.79 Å². The van der Waals surface area contributed by atoms with Crippen LogP contribution in [0.15, 0.2) is 30.3 Å². The standard InChI is InChI=1S/C17H25N3O/c1-14(15-5-3-2-4-6-15)20-11-9-19(10-12-20)13-17(21)18-16-7-8-16/h2-6,14,16H,7-13H2,1H3,(H,18,21). The van der Waals surface area contributed by atoms with Gasteiger partial charge in [-0.2, -0.15) is 0 Å². The van der Waals surface area contributed by atoms with Crippen molar-refractivity contribution in [3.8, 4) is 0 Å². The molecule has 1 saturated carbocycles. The normalized spacial score (nSPS) is 22.0. The van der Waals surface area contributed by atoms with Gasteiger partial charge in [0, 0.05) is 38.3 Å². The van der Waals surface area contributed by atoms with Gasteiger partial charge in [-0.25, -0.2) is 0 Å². The van der Waals surface area contributed by atoms with Crippen LogP contribution >= 0.6 is 0 Å². The summed E-state index contributed by atoms with van der Waals surface area (Å²) in [5.41, 5.74) is 1.37. The molecule has 1 atom stereocenters. The Balaban J connectivity index is 1.45. The number of hydrogen-bond donors (Lipinski definition) is 1. The van der Waals surface area contributed by atoms with E-state index in [4.69, 9.17) is 0 Å². The van der Waals surface area contributed by atoms with Crippen LogP contribution in [-0.4, -0.2) is 54.5 Å². The summed E-state index contributed by atoms with van der Waals surface area (Å²) in [6.45, 7) is 6.86. The highest BCUT2D eigenvalue weighted by atomic mass is 16.2. The number of amides is 1. The first-order valence-corrected chi connectivity index (χ1v) is 8.03. The van der Waals surface area contributed by atoms with E-state index in [-0.39, 0.29) is 5.91 Å². The minimum atomic E-state index is 0.196. The van der Waals surface area contributed by atoms with Gasteiger partial charge in [0.05, 0.1) is 6.54 Å². The number of carbonyl (C=O) groups excluding carboxylic acids is 1. The second kappa shape index (κ2) is 6.58. The van der Waals surface area contributed by atoms with Crippen molar-refractivity contribution in [3.05, 3.63) is 35.9 Å². The summed E-state index contributed by atoms with van der Waals surface area (Å²) in [6.07, 6.45) is 2.32. The van der Waals surface area contributed by atoms with Crippen LogP contribution < -0.4 is 5.32 Å². The van der Waals surface area contributed by atoms with Crippen LogP contribution in [0, 0.1) is 0 Å². The van der Waals surface area contributed by atoms with E-state index in [1.807, 2.05) is 0 Å². The molecular weight excluding hydrogens is 262 g/mol. The van der Waals surface area contributed by atoms with Gasteiger partial charge >= 0.3 is 0 Å². The fraction of sp³-hybridized carbons (Fsp3) is 0.588. The smallest absolute Gasteiger partial charge is 0.234 e. The lowest BCUT2D eigenvalue weighted by Crippen LogP contribution is -2.50. The molecule has 2 fully saturated rings. The zero-order valence-corrected chi connectivity index (χ0v) is 12.8. The largest absolute Gasteiger partial charge is 0.352 e. The van der Waals surface area contributed by atoms with E-state index in [0.717, 1.165) is 39.0 Å². The van der Waals surface area contributed by atoms with Crippen LogP contribution in [0.3, 0.4) is 0 Å². The van der Waals surface area contributed by atoms with Crippen molar-refractivity contribution in [2.45, 2.75) is 31.8 Å². The van der Waals surface area contributed by atoms with Gasteiger partial charge in [0.25, 0.3) is 0 Å². The summed E-state index contributed by atoms with van der Waals surface area (Å²) in [4.78, 5) is 16.6. The van der Waals surface area contributed by atoms with Gasteiger partial charge in [-0.1, -0.05) is 30.3 Å². The lowest BCUT2D eigenvalue weighted by molar-refractivity contribution is -0.122. The monoisotopic (exact) mass is 287 g/mol. The van der Waals surface area contributed by atoms with Crippen molar-refractivity contribution in [3.63, 3.8) is 0 Å². The molecule has 3 rings (SSSR count). The quantitative estimate of drug-likeness (QED) is 0.894. The number of benzene rings is 1. The Bertz CT molecular complexity index is 464. The van der Waals surface area contributed by atoms with Gasteiger partial charge in [-0.3, -0.25) is 14.6 Å². The predicted molar refractivity (Wildman–Crippen MR) is 84.0 cm³/mol. The lowest BCUT2D eigenvalue weighted by atomic mass is 10.1. The molecule has 0 spiro atoms. The van der Waals surface area contributed by atoms with Crippen molar-refractivity contribution >= 4 is 5.91 Å². The van der Waals surface area contributed by atoms with Gasteiger partial charge in [0.15, 0.2) is 0 Å². The molecule has 21 heavy (non-hydrogen) atoms. The average molecular weight is 287 g/mol. The highest BCUT2D eigenvalue weighted by molar-refractivity contribution is 5.78. The molecule has 2 aliphatic rings. The Kier molecular flexibility index (Phi) is 4.56. The summed E-state index contributed by atoms with van der Waals surface area (Å²) in [7, 11) is 0. The number of nitrogens with zero attached hydrogens (tertiary/aromatic N) is 2. The fourth-order valence-electron chi connectivity index (χ4n) is 2.96. The van der Waals surface area contributed by atoms with Gasteiger partial charge < -0.3 is 5.32 Å². The molecule has 1 saturated heterocycles. The van der Waals surface area contributed by atoms with Gasteiger partial charge in [-0.05, 0) is 25.3 Å². The number of piperazine rings is 1. The van der Waals surface area contributed by atoms with Crippen LogP contribution in [0.25, 0.3) is 0 Å². The minimum absolute atomic E-state index is 0.196. The third kappa shape index (κ3) is 4.05. The molecule has 0 aromatic heterocycles. The average Bonchev–Trinajstić information content (AvgIpc) is 3.32. The summed E-state index contributed by atoms with van der Waals surface area (Å²) >= 11 is 0. The van der Waals surface area contributed by atoms with E-state index < -0.39 is 0 Å². The summed E-state index contributed by atoms with van der Waals surface area (Å²) in [6, 6.07) is 11.6. The van der Waals surface area contributed by atoms with Crippen molar-refractivity contribution in [1.82, 2.24) is 15.1 Å².